The normalized spacial score (nSPS) is 4.50. The van der Waals surface area contributed by atoms with Gasteiger partial charge in [-0.2, -0.15) is 0 Å². The Kier molecular flexibility index (Phi) is 20.5. The second kappa shape index (κ2) is 8.84. The minimum absolute atomic E-state index is 0. The maximum atomic E-state index is 2.28. The third-order valence-electron chi connectivity index (χ3n) is 0. The third kappa shape index (κ3) is 9.18. The van der Waals surface area contributed by atoms with Gasteiger partial charge in [0, 0.05) is 13.5 Å². The molecule has 0 aromatic rings. The largest absolute Gasteiger partial charge is 0.0748 e. The highest BCUT2D eigenvalue weighted by Gasteiger charge is 1.40. The molecule has 0 bridgehead atoms. The highest BCUT2D eigenvalue weighted by atomic mass is 127. The lowest BCUT2D eigenvalue weighted by Crippen LogP contribution is -1.17. The number of halogens is 2. The summed E-state index contributed by atoms with van der Waals surface area (Å²) < 4.78 is 1.19. The first-order valence-corrected chi connectivity index (χ1v) is 3.59. The van der Waals surface area contributed by atoms with E-state index in [2.05, 4.69) is 45.2 Å². The quantitative estimate of drug-likeness (QED) is 0.476. The summed E-state index contributed by atoms with van der Waals surface area (Å²) in [5.74, 6) is 0. The Morgan fingerprint density at radius 2 is 1.25 bits per heavy atom. The standard InChI is InChI=1S/CH2I2.S/c2-1-3;/h1H2;. The summed E-state index contributed by atoms with van der Waals surface area (Å²) in [4.78, 5) is 0. The van der Waals surface area contributed by atoms with Crippen molar-refractivity contribution in [3.05, 3.63) is 0 Å². The average molecular weight is 300 g/mol. The molecule has 0 atom stereocenters. The van der Waals surface area contributed by atoms with Crippen LogP contribution in [0.4, 0.5) is 0 Å². The van der Waals surface area contributed by atoms with Crippen molar-refractivity contribution < 1.29 is 0 Å². The maximum Gasteiger partial charge on any atom is 0.0516 e. The Bertz CT molecular complexity index is 6.00. The zero-order valence-corrected chi connectivity index (χ0v) is 7.00. The van der Waals surface area contributed by atoms with E-state index in [-0.39, 0.29) is 13.5 Å². The van der Waals surface area contributed by atoms with E-state index in [0.717, 1.165) is 0 Å². The first-order valence-electron chi connectivity index (χ1n) is 0.535. The molecule has 0 saturated carbocycles. The van der Waals surface area contributed by atoms with Crippen LogP contribution in [-0.2, 0) is 0 Å². The molecular formula is CH2I2S. The molecule has 3 heteroatoms. The van der Waals surface area contributed by atoms with Crippen LogP contribution in [0.1, 0.15) is 0 Å². The Morgan fingerprint density at radius 3 is 1.25 bits per heavy atom. The van der Waals surface area contributed by atoms with Gasteiger partial charge in [0.2, 0.25) is 0 Å². The summed E-state index contributed by atoms with van der Waals surface area (Å²) in [6.07, 6.45) is 0. The minimum atomic E-state index is 0. The third-order valence-corrected chi connectivity index (χ3v) is 0. The lowest BCUT2D eigenvalue weighted by molar-refractivity contribution is 2.58. The Morgan fingerprint density at radius 1 is 1.25 bits per heavy atom. The molecule has 0 unspecified atom stereocenters. The van der Waals surface area contributed by atoms with Crippen LogP contribution in [-0.4, -0.2) is 2.43 Å². The lowest BCUT2D eigenvalue weighted by atomic mass is 12.0. The fraction of sp³-hybridized carbons (Fsp3) is 1.00. The molecular weight excluding hydrogens is 298 g/mol. The fourth-order valence-corrected chi connectivity index (χ4v) is 0. The molecule has 0 nitrogen and oxygen atoms in total. The Balaban J connectivity index is 0. The van der Waals surface area contributed by atoms with Gasteiger partial charge in [0.05, 0.1) is 2.43 Å². The van der Waals surface area contributed by atoms with Gasteiger partial charge in [0.1, 0.15) is 0 Å². The SMILES string of the molecule is ICI.[S]. The fourth-order valence-electron chi connectivity index (χ4n) is 0. The molecule has 0 spiro atoms. The van der Waals surface area contributed by atoms with Gasteiger partial charge in [0.15, 0.2) is 0 Å². The van der Waals surface area contributed by atoms with Crippen LogP contribution >= 0.6 is 58.7 Å². The zero-order valence-electron chi connectivity index (χ0n) is 1.87. The first kappa shape index (κ1) is 9.26. The summed E-state index contributed by atoms with van der Waals surface area (Å²) in [6, 6.07) is 0. The number of rotatable bonds is 0. The number of hydrogen-bond acceptors (Lipinski definition) is 0. The first-order chi connectivity index (χ1) is 1.41. The molecule has 0 aliphatic heterocycles. The molecule has 0 amide bonds. The maximum absolute atomic E-state index is 2.28. The molecule has 0 heterocycles. The van der Waals surface area contributed by atoms with Crippen molar-refractivity contribution in [1.82, 2.24) is 0 Å². The van der Waals surface area contributed by atoms with Gasteiger partial charge in [-0.3, -0.25) is 0 Å². The van der Waals surface area contributed by atoms with E-state index in [0.29, 0.717) is 0 Å². The van der Waals surface area contributed by atoms with Crippen molar-refractivity contribution >= 4 is 58.7 Å². The van der Waals surface area contributed by atoms with Crippen molar-refractivity contribution in [2.45, 2.75) is 0 Å². The molecule has 0 aromatic heterocycles. The van der Waals surface area contributed by atoms with Gasteiger partial charge in [-0.25, -0.2) is 0 Å². The van der Waals surface area contributed by atoms with Crippen LogP contribution in [0.3, 0.4) is 0 Å². The molecule has 4 heavy (non-hydrogen) atoms. The van der Waals surface area contributed by atoms with E-state index in [1.807, 2.05) is 0 Å². The molecule has 2 radical (unpaired) electrons. The summed E-state index contributed by atoms with van der Waals surface area (Å²) in [7, 11) is 0. The second-order valence-electron chi connectivity index (χ2n) is 0.101. The highest BCUT2D eigenvalue weighted by molar-refractivity contribution is 14.2. The Labute approximate surface area is 60.5 Å². The van der Waals surface area contributed by atoms with Crippen LogP contribution < -0.4 is 0 Å². The molecule has 0 fully saturated rings. The van der Waals surface area contributed by atoms with E-state index in [9.17, 15) is 0 Å². The van der Waals surface area contributed by atoms with E-state index >= 15 is 0 Å². The number of alkyl halides is 2. The van der Waals surface area contributed by atoms with Crippen molar-refractivity contribution in [3.63, 3.8) is 0 Å². The van der Waals surface area contributed by atoms with Crippen molar-refractivity contribution in [3.8, 4) is 0 Å². The average Bonchev–Trinajstić information content (AvgIpc) is 0.918. The van der Waals surface area contributed by atoms with Gasteiger partial charge < -0.3 is 0 Å². The van der Waals surface area contributed by atoms with E-state index in [4.69, 9.17) is 0 Å². The molecule has 0 aliphatic carbocycles. The van der Waals surface area contributed by atoms with Gasteiger partial charge in [-0.05, 0) is 0 Å². The van der Waals surface area contributed by atoms with Gasteiger partial charge >= 0.3 is 0 Å². The van der Waals surface area contributed by atoms with Gasteiger partial charge in [-0.15, -0.1) is 0 Å². The highest BCUT2D eigenvalue weighted by Crippen LogP contribution is 1.86. The van der Waals surface area contributed by atoms with Crippen molar-refractivity contribution in [1.29, 1.82) is 0 Å². The van der Waals surface area contributed by atoms with E-state index in [1.54, 1.807) is 0 Å². The Hall–Kier alpha value is 1.81. The van der Waals surface area contributed by atoms with Crippen LogP contribution in [0.2, 0.25) is 0 Å². The van der Waals surface area contributed by atoms with Crippen LogP contribution in [0.25, 0.3) is 0 Å². The molecule has 0 aliphatic rings. The van der Waals surface area contributed by atoms with Crippen molar-refractivity contribution in [2.75, 3.05) is 2.43 Å². The lowest BCUT2D eigenvalue weighted by Gasteiger charge is -1.43. The summed E-state index contributed by atoms with van der Waals surface area (Å²) >= 11 is 4.55. The van der Waals surface area contributed by atoms with E-state index in [1.165, 1.54) is 2.43 Å². The van der Waals surface area contributed by atoms with Crippen molar-refractivity contribution in [2.24, 2.45) is 0 Å². The van der Waals surface area contributed by atoms with Gasteiger partial charge in [0.25, 0.3) is 0 Å². The predicted octanol–water partition coefficient (Wildman–Crippen LogP) is 2.46. The second-order valence-corrected chi connectivity index (χ2v) is 4.55. The smallest absolute Gasteiger partial charge is 0.0516 e. The van der Waals surface area contributed by atoms with Crippen LogP contribution in [0, 0.1) is 0 Å². The molecule has 26 valence electrons. The molecule has 0 aromatic carbocycles. The monoisotopic (exact) mass is 300 g/mol. The number of hydrogen-bond donors (Lipinski definition) is 0. The van der Waals surface area contributed by atoms with Crippen LogP contribution in [0.15, 0.2) is 0 Å². The zero-order chi connectivity index (χ0) is 2.71. The molecule has 0 saturated heterocycles. The summed E-state index contributed by atoms with van der Waals surface area (Å²) in [5, 5.41) is 0. The van der Waals surface area contributed by atoms with E-state index < -0.39 is 0 Å². The van der Waals surface area contributed by atoms with Gasteiger partial charge in [-0.1, -0.05) is 45.2 Å². The topological polar surface area (TPSA) is 0 Å². The summed E-state index contributed by atoms with van der Waals surface area (Å²) in [6.45, 7) is 0. The minimum Gasteiger partial charge on any atom is -0.0748 e. The summed E-state index contributed by atoms with van der Waals surface area (Å²) in [5.41, 5.74) is 0. The predicted molar refractivity (Wildman–Crippen MR) is 40.5 cm³/mol. The molecule has 0 N–H and O–H groups in total. The molecule has 0 rings (SSSR count). The van der Waals surface area contributed by atoms with Crippen LogP contribution in [0.5, 0.6) is 0 Å².